The maximum atomic E-state index is 10.7. The average Bonchev–Trinajstić information content (AvgIpc) is 2.48. The molecule has 0 aliphatic heterocycles. The van der Waals surface area contributed by atoms with Crippen molar-refractivity contribution in [3.8, 4) is 0 Å². The molecular formula is C19H25NO. The zero-order valence-corrected chi connectivity index (χ0v) is 12.8. The highest BCUT2D eigenvalue weighted by atomic mass is 16.3. The molecule has 112 valence electrons. The van der Waals surface area contributed by atoms with Gasteiger partial charge in [0.2, 0.25) is 0 Å². The molecule has 0 heterocycles. The van der Waals surface area contributed by atoms with Crippen LogP contribution in [-0.4, -0.2) is 29.6 Å². The van der Waals surface area contributed by atoms with Crippen LogP contribution in [-0.2, 0) is 0 Å². The minimum Gasteiger partial charge on any atom is -0.387 e. The van der Waals surface area contributed by atoms with Gasteiger partial charge in [-0.3, -0.25) is 0 Å². The minimum atomic E-state index is -0.406. The van der Waals surface area contributed by atoms with Crippen molar-refractivity contribution >= 4 is 10.8 Å². The molecule has 2 aromatic rings. The maximum Gasteiger partial charge on any atom is 0.0922 e. The van der Waals surface area contributed by atoms with E-state index in [1.807, 2.05) is 18.2 Å². The van der Waals surface area contributed by atoms with Crippen molar-refractivity contribution in [1.29, 1.82) is 0 Å². The number of hydrogen-bond acceptors (Lipinski definition) is 2. The Morgan fingerprint density at radius 2 is 1.90 bits per heavy atom. The van der Waals surface area contributed by atoms with Gasteiger partial charge in [-0.05, 0) is 41.6 Å². The fourth-order valence-corrected chi connectivity index (χ4v) is 3.26. The largest absolute Gasteiger partial charge is 0.387 e. The zero-order valence-electron chi connectivity index (χ0n) is 12.8. The molecule has 1 saturated carbocycles. The number of aliphatic hydroxyl groups excluding tert-OH is 1. The predicted molar refractivity (Wildman–Crippen MR) is 88.4 cm³/mol. The van der Waals surface area contributed by atoms with Gasteiger partial charge in [-0.2, -0.15) is 0 Å². The van der Waals surface area contributed by atoms with Gasteiger partial charge in [-0.1, -0.05) is 55.8 Å². The van der Waals surface area contributed by atoms with Crippen molar-refractivity contribution in [3.05, 3.63) is 48.0 Å². The lowest BCUT2D eigenvalue weighted by atomic mass is 9.85. The summed E-state index contributed by atoms with van der Waals surface area (Å²) in [5.74, 6) is 0.852. The molecule has 1 aliphatic carbocycles. The fraction of sp³-hybridized carbons (Fsp3) is 0.474. The van der Waals surface area contributed by atoms with E-state index >= 15 is 0 Å². The summed E-state index contributed by atoms with van der Waals surface area (Å²) < 4.78 is 0. The Morgan fingerprint density at radius 1 is 1.14 bits per heavy atom. The van der Waals surface area contributed by atoms with Gasteiger partial charge < -0.3 is 10.0 Å². The molecule has 1 aliphatic rings. The first kappa shape index (κ1) is 14.6. The number of hydrogen-bond donors (Lipinski definition) is 1. The molecule has 1 fully saturated rings. The summed E-state index contributed by atoms with van der Waals surface area (Å²) in [6.07, 6.45) is 3.70. The van der Waals surface area contributed by atoms with Crippen LogP contribution in [0.3, 0.4) is 0 Å². The third kappa shape index (κ3) is 3.28. The molecule has 0 saturated heterocycles. The third-order valence-corrected chi connectivity index (χ3v) is 4.80. The van der Waals surface area contributed by atoms with E-state index in [9.17, 15) is 5.11 Å². The van der Waals surface area contributed by atoms with E-state index in [4.69, 9.17) is 0 Å². The highest BCUT2D eigenvalue weighted by Gasteiger charge is 2.22. The van der Waals surface area contributed by atoms with Gasteiger partial charge in [0, 0.05) is 13.1 Å². The lowest BCUT2D eigenvalue weighted by Crippen LogP contribution is -2.35. The first-order valence-electron chi connectivity index (χ1n) is 8.16. The summed E-state index contributed by atoms with van der Waals surface area (Å²) in [7, 11) is 0. The van der Waals surface area contributed by atoms with Crippen LogP contribution >= 0.6 is 0 Å². The summed E-state index contributed by atoms with van der Waals surface area (Å²) in [6.45, 7) is 5.08. The van der Waals surface area contributed by atoms with Gasteiger partial charge in [-0.25, -0.2) is 0 Å². The van der Waals surface area contributed by atoms with Crippen LogP contribution in [0, 0.1) is 5.92 Å². The monoisotopic (exact) mass is 283 g/mol. The molecule has 1 atom stereocenters. The van der Waals surface area contributed by atoms with Crippen LogP contribution < -0.4 is 0 Å². The molecule has 0 radical (unpaired) electrons. The van der Waals surface area contributed by atoms with Crippen molar-refractivity contribution < 1.29 is 5.11 Å². The van der Waals surface area contributed by atoms with E-state index in [2.05, 4.69) is 36.1 Å². The predicted octanol–water partition coefficient (Wildman–Crippen LogP) is 4.00. The Balaban J connectivity index is 1.74. The van der Waals surface area contributed by atoms with Crippen molar-refractivity contribution in [2.75, 3.05) is 19.6 Å². The Hall–Kier alpha value is -1.38. The molecule has 1 unspecified atom stereocenters. The second kappa shape index (κ2) is 6.59. The number of aliphatic hydroxyl groups is 1. The highest BCUT2D eigenvalue weighted by molar-refractivity contribution is 5.85. The molecule has 0 bridgehead atoms. The van der Waals surface area contributed by atoms with Crippen molar-refractivity contribution in [3.63, 3.8) is 0 Å². The van der Waals surface area contributed by atoms with E-state index in [1.165, 1.54) is 30.0 Å². The summed E-state index contributed by atoms with van der Waals surface area (Å²) >= 11 is 0. The summed E-state index contributed by atoms with van der Waals surface area (Å²) in [5, 5.41) is 13.1. The zero-order chi connectivity index (χ0) is 14.7. The summed E-state index contributed by atoms with van der Waals surface area (Å²) in [5.41, 5.74) is 1.06. The van der Waals surface area contributed by atoms with Gasteiger partial charge in [-0.15, -0.1) is 0 Å². The van der Waals surface area contributed by atoms with E-state index in [-0.39, 0.29) is 0 Å². The Morgan fingerprint density at radius 3 is 2.62 bits per heavy atom. The van der Waals surface area contributed by atoms with E-state index in [0.29, 0.717) is 0 Å². The standard InChI is InChI=1S/C19H25NO/c1-2-20(13-15-7-5-8-15)14-19(21)18-12-6-10-16-9-3-4-11-17(16)18/h3-4,6,9-12,15,19,21H,2,5,7-8,13-14H2,1H3. The lowest BCUT2D eigenvalue weighted by Gasteiger charge is -2.33. The number of likely N-dealkylation sites (N-methyl/N-ethyl adjacent to an activating group) is 1. The first-order valence-corrected chi connectivity index (χ1v) is 8.16. The van der Waals surface area contributed by atoms with E-state index in [1.54, 1.807) is 0 Å². The quantitative estimate of drug-likeness (QED) is 0.866. The molecule has 0 amide bonds. The van der Waals surface area contributed by atoms with Gasteiger partial charge in [0.25, 0.3) is 0 Å². The number of nitrogens with zero attached hydrogens (tertiary/aromatic N) is 1. The Bertz CT molecular complexity index is 586. The van der Waals surface area contributed by atoms with Gasteiger partial charge in [0.15, 0.2) is 0 Å². The Labute approximate surface area is 127 Å². The molecule has 1 N–H and O–H groups in total. The SMILES string of the molecule is CCN(CC1CCC1)CC(O)c1cccc2ccccc12. The molecule has 2 nitrogen and oxygen atoms in total. The minimum absolute atomic E-state index is 0.406. The van der Waals surface area contributed by atoms with Crippen LogP contribution in [0.15, 0.2) is 42.5 Å². The number of benzene rings is 2. The summed E-state index contributed by atoms with van der Waals surface area (Å²) in [6, 6.07) is 14.5. The fourth-order valence-electron chi connectivity index (χ4n) is 3.26. The first-order chi connectivity index (χ1) is 10.3. The topological polar surface area (TPSA) is 23.5 Å². The molecule has 0 aromatic heterocycles. The van der Waals surface area contributed by atoms with E-state index in [0.717, 1.165) is 31.1 Å². The number of fused-ring (bicyclic) bond motifs is 1. The summed E-state index contributed by atoms with van der Waals surface area (Å²) in [4.78, 5) is 2.40. The van der Waals surface area contributed by atoms with Crippen molar-refractivity contribution in [2.45, 2.75) is 32.3 Å². The molecule has 3 rings (SSSR count). The molecule has 2 aromatic carbocycles. The molecule has 0 spiro atoms. The number of rotatable bonds is 6. The normalized spacial score (nSPS) is 17.1. The van der Waals surface area contributed by atoms with Crippen molar-refractivity contribution in [2.24, 2.45) is 5.92 Å². The van der Waals surface area contributed by atoms with E-state index < -0.39 is 6.10 Å². The maximum absolute atomic E-state index is 10.7. The lowest BCUT2D eigenvalue weighted by molar-refractivity contribution is 0.0950. The van der Waals surface area contributed by atoms with Gasteiger partial charge >= 0.3 is 0 Å². The van der Waals surface area contributed by atoms with Crippen LogP contribution in [0.5, 0.6) is 0 Å². The third-order valence-electron chi connectivity index (χ3n) is 4.80. The molecule has 2 heteroatoms. The van der Waals surface area contributed by atoms with Crippen LogP contribution in [0.25, 0.3) is 10.8 Å². The molecular weight excluding hydrogens is 258 g/mol. The van der Waals surface area contributed by atoms with Crippen LogP contribution in [0.4, 0.5) is 0 Å². The van der Waals surface area contributed by atoms with Gasteiger partial charge in [0.05, 0.1) is 6.10 Å². The second-order valence-corrected chi connectivity index (χ2v) is 6.23. The molecule has 21 heavy (non-hydrogen) atoms. The highest BCUT2D eigenvalue weighted by Crippen LogP contribution is 2.29. The second-order valence-electron chi connectivity index (χ2n) is 6.23. The van der Waals surface area contributed by atoms with Gasteiger partial charge in [0.1, 0.15) is 0 Å². The van der Waals surface area contributed by atoms with Crippen LogP contribution in [0.1, 0.15) is 37.9 Å². The smallest absolute Gasteiger partial charge is 0.0922 e. The Kier molecular flexibility index (Phi) is 4.57. The van der Waals surface area contributed by atoms with Crippen LogP contribution in [0.2, 0.25) is 0 Å². The average molecular weight is 283 g/mol. The van der Waals surface area contributed by atoms with Crippen molar-refractivity contribution in [1.82, 2.24) is 4.90 Å².